The maximum absolute atomic E-state index is 9.84. The fourth-order valence-electron chi connectivity index (χ4n) is 3.93. The Morgan fingerprint density at radius 1 is 1.12 bits per heavy atom. The van der Waals surface area contributed by atoms with Gasteiger partial charge in [0.2, 0.25) is 0 Å². The van der Waals surface area contributed by atoms with Crippen molar-refractivity contribution in [3.05, 3.63) is 52.7 Å². The standard InChI is InChI=1S/C19H16N4O/c20-9-16-14-3-1-2-4-15(14)17(12-5-7-13(24)8-6-12)19(10-21,11-22)18(16)23/h3,5-8,15,17,24H,1-2,4,23H2/t15-,17+/m0/s1. The van der Waals surface area contributed by atoms with Gasteiger partial charge >= 0.3 is 0 Å². The summed E-state index contributed by atoms with van der Waals surface area (Å²) in [6.07, 6.45) is 4.60. The van der Waals surface area contributed by atoms with E-state index in [-0.39, 0.29) is 22.9 Å². The molecule has 0 fully saturated rings. The van der Waals surface area contributed by atoms with E-state index < -0.39 is 11.3 Å². The summed E-state index contributed by atoms with van der Waals surface area (Å²) < 4.78 is 0. The molecule has 0 unspecified atom stereocenters. The number of hydrogen-bond acceptors (Lipinski definition) is 5. The second-order valence-electron chi connectivity index (χ2n) is 6.20. The maximum atomic E-state index is 9.84. The lowest BCUT2D eigenvalue weighted by Crippen LogP contribution is -2.42. The van der Waals surface area contributed by atoms with Crippen molar-refractivity contribution in [2.24, 2.45) is 17.1 Å². The van der Waals surface area contributed by atoms with Gasteiger partial charge in [-0.25, -0.2) is 0 Å². The fraction of sp³-hybridized carbons (Fsp3) is 0.316. The Morgan fingerprint density at radius 3 is 2.38 bits per heavy atom. The third kappa shape index (κ3) is 2.05. The molecule has 0 saturated carbocycles. The Labute approximate surface area is 140 Å². The number of phenols is 1. The predicted molar refractivity (Wildman–Crippen MR) is 86.8 cm³/mol. The second-order valence-corrected chi connectivity index (χ2v) is 6.20. The third-order valence-electron chi connectivity index (χ3n) is 5.05. The molecular formula is C19H16N4O. The highest BCUT2D eigenvalue weighted by molar-refractivity contribution is 5.59. The van der Waals surface area contributed by atoms with Crippen LogP contribution in [0.4, 0.5) is 0 Å². The number of nitrogens with two attached hydrogens (primary N) is 1. The normalized spacial score (nSPS) is 24.8. The van der Waals surface area contributed by atoms with Crippen LogP contribution >= 0.6 is 0 Å². The van der Waals surface area contributed by atoms with Gasteiger partial charge in [0.1, 0.15) is 11.8 Å². The van der Waals surface area contributed by atoms with Crippen molar-refractivity contribution < 1.29 is 5.11 Å². The molecule has 0 bridgehead atoms. The quantitative estimate of drug-likeness (QED) is 0.825. The van der Waals surface area contributed by atoms with E-state index in [0.717, 1.165) is 30.4 Å². The number of aromatic hydroxyl groups is 1. The number of nitrogens with zero attached hydrogens (tertiary/aromatic N) is 3. The smallest absolute Gasteiger partial charge is 0.191 e. The van der Waals surface area contributed by atoms with Crippen molar-refractivity contribution in [1.29, 1.82) is 15.8 Å². The van der Waals surface area contributed by atoms with Crippen molar-refractivity contribution in [3.8, 4) is 24.0 Å². The first-order valence-electron chi connectivity index (χ1n) is 7.81. The SMILES string of the molecule is N#CC1=C(N)C(C#N)(C#N)[C@H](c2ccc(O)cc2)[C@H]2CCCC=C12. The number of hydrogen-bond donors (Lipinski definition) is 2. The minimum Gasteiger partial charge on any atom is -0.508 e. The molecule has 0 saturated heterocycles. The van der Waals surface area contributed by atoms with Crippen LogP contribution in [0.1, 0.15) is 30.7 Å². The molecule has 0 radical (unpaired) electrons. The lowest BCUT2D eigenvalue weighted by atomic mass is 9.57. The Balaban J connectivity index is 2.31. The Morgan fingerprint density at radius 2 is 1.79 bits per heavy atom. The van der Waals surface area contributed by atoms with Crippen LogP contribution in [-0.4, -0.2) is 5.11 Å². The molecule has 1 aromatic rings. The molecular weight excluding hydrogens is 300 g/mol. The van der Waals surface area contributed by atoms with Gasteiger partial charge in [-0.2, -0.15) is 15.8 Å². The molecule has 2 atom stereocenters. The summed E-state index contributed by atoms with van der Waals surface area (Å²) in [5, 5.41) is 38.8. The van der Waals surface area contributed by atoms with Gasteiger partial charge in [-0.1, -0.05) is 18.2 Å². The average Bonchev–Trinajstić information content (AvgIpc) is 2.62. The van der Waals surface area contributed by atoms with Gasteiger partial charge in [0.05, 0.1) is 23.4 Å². The Bertz CT molecular complexity index is 845. The molecule has 118 valence electrons. The van der Waals surface area contributed by atoms with Crippen LogP contribution in [0.5, 0.6) is 5.75 Å². The Kier molecular flexibility index (Phi) is 3.76. The Hall–Kier alpha value is -3.23. The summed E-state index contributed by atoms with van der Waals surface area (Å²) >= 11 is 0. The van der Waals surface area contributed by atoms with E-state index in [1.165, 1.54) is 0 Å². The number of nitriles is 3. The number of rotatable bonds is 1. The number of fused-ring (bicyclic) bond motifs is 1. The summed E-state index contributed by atoms with van der Waals surface area (Å²) in [7, 11) is 0. The van der Waals surface area contributed by atoms with Crippen molar-refractivity contribution in [2.45, 2.75) is 25.2 Å². The molecule has 1 aromatic carbocycles. The summed E-state index contributed by atoms with van der Waals surface area (Å²) in [5.41, 5.74) is 6.53. The van der Waals surface area contributed by atoms with E-state index in [2.05, 4.69) is 18.2 Å². The van der Waals surface area contributed by atoms with Gasteiger partial charge in [-0.3, -0.25) is 0 Å². The second kappa shape index (κ2) is 5.76. The fourth-order valence-corrected chi connectivity index (χ4v) is 3.93. The van der Waals surface area contributed by atoms with Crippen LogP contribution in [0.2, 0.25) is 0 Å². The van der Waals surface area contributed by atoms with Crippen LogP contribution in [0.15, 0.2) is 47.2 Å². The van der Waals surface area contributed by atoms with Gasteiger partial charge < -0.3 is 10.8 Å². The van der Waals surface area contributed by atoms with E-state index in [9.17, 15) is 20.9 Å². The lowest BCUT2D eigenvalue weighted by molar-refractivity contribution is 0.317. The largest absolute Gasteiger partial charge is 0.508 e. The average molecular weight is 316 g/mol. The summed E-state index contributed by atoms with van der Waals surface area (Å²) in [4.78, 5) is 0. The molecule has 0 aromatic heterocycles. The van der Waals surface area contributed by atoms with Crippen LogP contribution in [0, 0.1) is 45.3 Å². The van der Waals surface area contributed by atoms with E-state index >= 15 is 0 Å². The number of phenolic OH excluding ortho intramolecular Hbond substituents is 1. The van der Waals surface area contributed by atoms with E-state index in [0.29, 0.717) is 0 Å². The minimum absolute atomic E-state index is 0.0393. The zero-order chi connectivity index (χ0) is 17.3. The molecule has 3 N–H and O–H groups in total. The monoisotopic (exact) mass is 316 g/mol. The number of allylic oxidation sites excluding steroid dienone is 4. The highest BCUT2D eigenvalue weighted by Crippen LogP contribution is 2.55. The van der Waals surface area contributed by atoms with Gasteiger partial charge in [-0.05, 0) is 48.4 Å². The molecule has 0 amide bonds. The first kappa shape index (κ1) is 15.7. The van der Waals surface area contributed by atoms with E-state index in [1.807, 2.05) is 6.08 Å². The first-order valence-corrected chi connectivity index (χ1v) is 7.81. The van der Waals surface area contributed by atoms with Gasteiger partial charge in [0.25, 0.3) is 0 Å². The lowest BCUT2D eigenvalue weighted by Gasteiger charge is -2.43. The molecule has 2 aliphatic carbocycles. The highest BCUT2D eigenvalue weighted by atomic mass is 16.3. The number of benzene rings is 1. The predicted octanol–water partition coefficient (Wildman–Crippen LogP) is 2.99. The summed E-state index contributed by atoms with van der Waals surface area (Å²) in [5.74, 6) is -0.448. The van der Waals surface area contributed by atoms with Crippen LogP contribution in [0.25, 0.3) is 0 Å². The molecule has 5 nitrogen and oxygen atoms in total. The molecule has 0 heterocycles. The topological polar surface area (TPSA) is 118 Å². The zero-order valence-electron chi connectivity index (χ0n) is 13.0. The van der Waals surface area contributed by atoms with E-state index in [4.69, 9.17) is 5.73 Å². The molecule has 5 heteroatoms. The molecule has 0 aliphatic heterocycles. The van der Waals surface area contributed by atoms with Crippen LogP contribution in [0.3, 0.4) is 0 Å². The highest BCUT2D eigenvalue weighted by Gasteiger charge is 2.53. The maximum Gasteiger partial charge on any atom is 0.191 e. The summed E-state index contributed by atoms with van der Waals surface area (Å²) in [6, 6.07) is 12.8. The van der Waals surface area contributed by atoms with Crippen molar-refractivity contribution >= 4 is 0 Å². The van der Waals surface area contributed by atoms with Gasteiger partial charge in [0, 0.05) is 5.92 Å². The third-order valence-corrected chi connectivity index (χ3v) is 5.05. The van der Waals surface area contributed by atoms with Gasteiger partial charge in [-0.15, -0.1) is 0 Å². The summed E-state index contributed by atoms with van der Waals surface area (Å²) in [6.45, 7) is 0. The van der Waals surface area contributed by atoms with Crippen LogP contribution < -0.4 is 5.73 Å². The molecule has 2 aliphatic rings. The first-order chi connectivity index (χ1) is 11.6. The minimum atomic E-state index is -1.58. The molecule has 0 spiro atoms. The molecule has 3 rings (SSSR count). The van der Waals surface area contributed by atoms with Crippen molar-refractivity contribution in [1.82, 2.24) is 0 Å². The zero-order valence-corrected chi connectivity index (χ0v) is 13.0. The van der Waals surface area contributed by atoms with Crippen LogP contribution in [-0.2, 0) is 0 Å². The van der Waals surface area contributed by atoms with Crippen molar-refractivity contribution in [2.75, 3.05) is 0 Å². The van der Waals surface area contributed by atoms with Gasteiger partial charge in [0.15, 0.2) is 5.41 Å². The molecule has 24 heavy (non-hydrogen) atoms. The van der Waals surface area contributed by atoms with Crippen molar-refractivity contribution in [3.63, 3.8) is 0 Å². The van der Waals surface area contributed by atoms with E-state index in [1.54, 1.807) is 24.3 Å².